The quantitative estimate of drug-likeness (QED) is 0.827. The first-order chi connectivity index (χ1) is 8.95. The van der Waals surface area contributed by atoms with E-state index in [-0.39, 0.29) is 5.41 Å². The van der Waals surface area contributed by atoms with Crippen LogP contribution >= 0.6 is 0 Å². The molecule has 1 heteroatoms. The van der Waals surface area contributed by atoms with E-state index in [4.69, 9.17) is 0 Å². The van der Waals surface area contributed by atoms with Crippen molar-refractivity contribution in [2.75, 3.05) is 6.54 Å². The average molecular weight is 255 g/mol. The van der Waals surface area contributed by atoms with Crippen LogP contribution in [0.5, 0.6) is 0 Å². The molecule has 1 atom stereocenters. The zero-order valence-corrected chi connectivity index (χ0v) is 12.7. The van der Waals surface area contributed by atoms with Crippen molar-refractivity contribution in [1.82, 2.24) is 5.32 Å². The summed E-state index contributed by atoms with van der Waals surface area (Å²) in [5.41, 5.74) is 2.97. The molecule has 19 heavy (non-hydrogen) atoms. The number of hydrogen-bond acceptors (Lipinski definition) is 1. The van der Waals surface area contributed by atoms with Crippen LogP contribution in [0.15, 0.2) is 36.4 Å². The fourth-order valence-corrected chi connectivity index (χ4v) is 2.81. The zero-order chi connectivity index (χ0) is 14.0. The number of hydrogen-bond donors (Lipinski definition) is 1. The summed E-state index contributed by atoms with van der Waals surface area (Å²) in [4.78, 5) is 0. The molecule has 1 N–H and O–H groups in total. The van der Waals surface area contributed by atoms with Crippen LogP contribution in [0.1, 0.15) is 44.9 Å². The highest BCUT2D eigenvalue weighted by molar-refractivity contribution is 5.89. The Bertz CT molecular complexity index is 563. The van der Waals surface area contributed by atoms with Crippen molar-refractivity contribution in [2.45, 2.75) is 40.7 Å². The van der Waals surface area contributed by atoms with Crippen LogP contribution in [0, 0.1) is 12.3 Å². The highest BCUT2D eigenvalue weighted by Crippen LogP contribution is 2.37. The summed E-state index contributed by atoms with van der Waals surface area (Å²) in [6.07, 6.45) is 0. The van der Waals surface area contributed by atoms with E-state index in [0.29, 0.717) is 6.04 Å². The predicted molar refractivity (Wildman–Crippen MR) is 84.6 cm³/mol. The minimum Gasteiger partial charge on any atom is -0.310 e. The summed E-state index contributed by atoms with van der Waals surface area (Å²) in [5, 5.41) is 6.40. The van der Waals surface area contributed by atoms with Crippen molar-refractivity contribution in [2.24, 2.45) is 5.41 Å². The van der Waals surface area contributed by atoms with Gasteiger partial charge < -0.3 is 5.32 Å². The van der Waals surface area contributed by atoms with Crippen molar-refractivity contribution < 1.29 is 0 Å². The van der Waals surface area contributed by atoms with Gasteiger partial charge in [0.2, 0.25) is 0 Å². The molecule has 0 bridgehead atoms. The maximum atomic E-state index is 3.65. The number of benzene rings is 2. The molecule has 102 valence electrons. The topological polar surface area (TPSA) is 12.0 Å². The number of nitrogens with one attached hydrogen (secondary N) is 1. The third-order valence-corrected chi connectivity index (χ3v) is 3.76. The Kier molecular flexibility index (Phi) is 3.96. The van der Waals surface area contributed by atoms with E-state index in [1.54, 1.807) is 0 Å². The molecule has 0 aliphatic carbocycles. The monoisotopic (exact) mass is 255 g/mol. The normalized spacial score (nSPS) is 13.7. The van der Waals surface area contributed by atoms with Gasteiger partial charge in [0.25, 0.3) is 0 Å². The first-order valence-electron chi connectivity index (χ1n) is 7.16. The van der Waals surface area contributed by atoms with Crippen LogP contribution in [0.25, 0.3) is 10.8 Å². The zero-order valence-electron chi connectivity index (χ0n) is 12.7. The molecule has 0 amide bonds. The van der Waals surface area contributed by atoms with Crippen LogP contribution in [-0.2, 0) is 0 Å². The minimum absolute atomic E-state index is 0.202. The molecule has 2 aromatic carbocycles. The Morgan fingerprint density at radius 3 is 2.21 bits per heavy atom. The fourth-order valence-electron chi connectivity index (χ4n) is 2.81. The molecular formula is C18H25N. The summed E-state index contributed by atoms with van der Waals surface area (Å²) < 4.78 is 0. The smallest absolute Gasteiger partial charge is 0.0375 e. The molecule has 1 nitrogen and oxygen atoms in total. The first kappa shape index (κ1) is 14.1. The highest BCUT2D eigenvalue weighted by atomic mass is 14.9. The predicted octanol–water partition coefficient (Wildman–Crippen LogP) is 4.84. The highest BCUT2D eigenvalue weighted by Gasteiger charge is 2.26. The van der Waals surface area contributed by atoms with Gasteiger partial charge in [-0.3, -0.25) is 0 Å². The second-order valence-corrected chi connectivity index (χ2v) is 6.37. The number of aryl methyl sites for hydroxylation is 1. The van der Waals surface area contributed by atoms with Gasteiger partial charge in [0, 0.05) is 6.04 Å². The maximum Gasteiger partial charge on any atom is 0.0375 e. The largest absolute Gasteiger partial charge is 0.310 e. The van der Waals surface area contributed by atoms with Crippen molar-refractivity contribution in [3.8, 4) is 0 Å². The van der Waals surface area contributed by atoms with E-state index in [9.17, 15) is 0 Å². The van der Waals surface area contributed by atoms with Crippen molar-refractivity contribution >= 4 is 10.8 Å². The Labute approximate surface area is 117 Å². The van der Waals surface area contributed by atoms with Gasteiger partial charge in [0.15, 0.2) is 0 Å². The van der Waals surface area contributed by atoms with Crippen molar-refractivity contribution in [1.29, 1.82) is 0 Å². The van der Waals surface area contributed by atoms with E-state index in [1.165, 1.54) is 21.9 Å². The maximum absolute atomic E-state index is 3.65. The van der Waals surface area contributed by atoms with E-state index in [1.807, 2.05) is 0 Å². The van der Waals surface area contributed by atoms with Crippen LogP contribution in [0.4, 0.5) is 0 Å². The fraction of sp³-hybridized carbons (Fsp3) is 0.444. The lowest BCUT2D eigenvalue weighted by Crippen LogP contribution is -2.32. The molecule has 0 spiro atoms. The molecule has 2 rings (SSSR count). The number of fused-ring (bicyclic) bond motifs is 1. The summed E-state index contributed by atoms with van der Waals surface area (Å²) in [7, 11) is 0. The van der Waals surface area contributed by atoms with Crippen molar-refractivity contribution in [3.63, 3.8) is 0 Å². The van der Waals surface area contributed by atoms with E-state index >= 15 is 0 Å². The molecule has 1 unspecified atom stereocenters. The molecule has 0 saturated heterocycles. The third kappa shape index (κ3) is 2.82. The van der Waals surface area contributed by atoms with Gasteiger partial charge in [-0.05, 0) is 40.8 Å². The standard InChI is InChI=1S/C18H25N/c1-6-19-17(18(3,4)5)16-12-11-13(2)14-9-7-8-10-15(14)16/h7-12,17,19H,6H2,1-5H3. The minimum atomic E-state index is 0.202. The van der Waals surface area contributed by atoms with Gasteiger partial charge in [0.1, 0.15) is 0 Å². The van der Waals surface area contributed by atoms with Gasteiger partial charge in [-0.15, -0.1) is 0 Å². The van der Waals surface area contributed by atoms with E-state index in [0.717, 1.165) is 6.54 Å². The molecule has 0 fully saturated rings. The summed E-state index contributed by atoms with van der Waals surface area (Å²) in [5.74, 6) is 0. The Balaban J connectivity index is 2.64. The molecule has 0 aliphatic heterocycles. The average Bonchev–Trinajstić information content (AvgIpc) is 2.36. The second kappa shape index (κ2) is 5.34. The molecule has 0 heterocycles. The van der Waals surface area contributed by atoms with Gasteiger partial charge in [0.05, 0.1) is 0 Å². The Hall–Kier alpha value is -1.34. The van der Waals surface area contributed by atoms with Gasteiger partial charge >= 0.3 is 0 Å². The van der Waals surface area contributed by atoms with E-state index < -0.39 is 0 Å². The van der Waals surface area contributed by atoms with E-state index in [2.05, 4.69) is 76.3 Å². The van der Waals surface area contributed by atoms with Gasteiger partial charge in [-0.1, -0.05) is 64.1 Å². The van der Waals surface area contributed by atoms with Gasteiger partial charge in [-0.25, -0.2) is 0 Å². The van der Waals surface area contributed by atoms with Crippen molar-refractivity contribution in [3.05, 3.63) is 47.5 Å². The van der Waals surface area contributed by atoms with Crippen LogP contribution < -0.4 is 5.32 Å². The lowest BCUT2D eigenvalue weighted by Gasteiger charge is -2.33. The van der Waals surface area contributed by atoms with Crippen LogP contribution in [-0.4, -0.2) is 6.54 Å². The first-order valence-corrected chi connectivity index (χ1v) is 7.16. The third-order valence-electron chi connectivity index (χ3n) is 3.76. The number of rotatable bonds is 3. The molecule has 0 saturated carbocycles. The summed E-state index contributed by atoms with van der Waals surface area (Å²) in [6.45, 7) is 12.3. The second-order valence-electron chi connectivity index (χ2n) is 6.37. The SMILES string of the molecule is CCNC(c1ccc(C)c2ccccc12)C(C)(C)C. The summed E-state index contributed by atoms with van der Waals surface area (Å²) >= 11 is 0. The lowest BCUT2D eigenvalue weighted by atomic mass is 9.80. The van der Waals surface area contributed by atoms with Gasteiger partial charge in [-0.2, -0.15) is 0 Å². The Morgan fingerprint density at radius 1 is 1.00 bits per heavy atom. The molecule has 0 radical (unpaired) electrons. The van der Waals surface area contributed by atoms with Crippen LogP contribution in [0.2, 0.25) is 0 Å². The Morgan fingerprint density at radius 2 is 1.63 bits per heavy atom. The molecular weight excluding hydrogens is 230 g/mol. The molecule has 0 aromatic heterocycles. The lowest BCUT2D eigenvalue weighted by molar-refractivity contribution is 0.278. The summed E-state index contributed by atoms with van der Waals surface area (Å²) in [6, 6.07) is 13.6. The van der Waals surface area contributed by atoms with Crippen LogP contribution in [0.3, 0.4) is 0 Å². The molecule has 2 aromatic rings. The molecule has 0 aliphatic rings.